The second-order valence-corrected chi connectivity index (χ2v) is 2.09. The molecule has 0 aliphatic carbocycles. The SMILES string of the molecule is ONCC1CCOC1. The Bertz CT molecular complexity index is 61.4. The van der Waals surface area contributed by atoms with Gasteiger partial charge in [-0.3, -0.25) is 0 Å². The van der Waals surface area contributed by atoms with Crippen LogP contribution < -0.4 is 5.48 Å². The van der Waals surface area contributed by atoms with Crippen molar-refractivity contribution in [3.63, 3.8) is 0 Å². The first-order valence-electron chi connectivity index (χ1n) is 2.88. The van der Waals surface area contributed by atoms with Crippen LogP contribution in [-0.2, 0) is 4.74 Å². The van der Waals surface area contributed by atoms with Crippen LogP contribution in [0.2, 0.25) is 0 Å². The van der Waals surface area contributed by atoms with Crippen LogP contribution in [0.25, 0.3) is 0 Å². The van der Waals surface area contributed by atoms with E-state index < -0.39 is 0 Å². The molecule has 1 rings (SSSR count). The summed E-state index contributed by atoms with van der Waals surface area (Å²) in [6.45, 7) is 2.32. The number of hydroxylamine groups is 1. The molecule has 0 aromatic heterocycles. The lowest BCUT2D eigenvalue weighted by Gasteiger charge is -2.02. The molecule has 48 valence electrons. The van der Waals surface area contributed by atoms with Crippen molar-refractivity contribution in [1.82, 2.24) is 5.48 Å². The van der Waals surface area contributed by atoms with Crippen molar-refractivity contribution >= 4 is 0 Å². The number of ether oxygens (including phenoxy) is 1. The Balaban J connectivity index is 2.06. The highest BCUT2D eigenvalue weighted by Gasteiger charge is 2.13. The molecule has 0 amide bonds. The van der Waals surface area contributed by atoms with E-state index in [1.165, 1.54) is 0 Å². The fourth-order valence-corrected chi connectivity index (χ4v) is 0.873. The van der Waals surface area contributed by atoms with Crippen molar-refractivity contribution in [2.45, 2.75) is 6.42 Å². The minimum Gasteiger partial charge on any atom is -0.381 e. The van der Waals surface area contributed by atoms with Crippen molar-refractivity contribution < 1.29 is 9.94 Å². The lowest BCUT2D eigenvalue weighted by molar-refractivity contribution is 0.135. The van der Waals surface area contributed by atoms with E-state index in [1.54, 1.807) is 0 Å². The smallest absolute Gasteiger partial charge is 0.0508 e. The Labute approximate surface area is 48.6 Å². The van der Waals surface area contributed by atoms with Crippen LogP contribution in [0.5, 0.6) is 0 Å². The van der Waals surface area contributed by atoms with Gasteiger partial charge < -0.3 is 9.94 Å². The average Bonchev–Trinajstić information content (AvgIpc) is 2.19. The quantitative estimate of drug-likeness (QED) is 0.500. The van der Waals surface area contributed by atoms with Crippen LogP contribution in [0.4, 0.5) is 0 Å². The summed E-state index contributed by atoms with van der Waals surface area (Å²) in [5.74, 6) is 0.528. The van der Waals surface area contributed by atoms with Crippen LogP contribution in [0.1, 0.15) is 6.42 Å². The van der Waals surface area contributed by atoms with Crippen LogP contribution >= 0.6 is 0 Å². The summed E-state index contributed by atoms with van der Waals surface area (Å²) >= 11 is 0. The van der Waals surface area contributed by atoms with Gasteiger partial charge in [-0.2, -0.15) is 0 Å². The molecule has 0 bridgehead atoms. The zero-order valence-electron chi connectivity index (χ0n) is 4.76. The third kappa shape index (κ3) is 1.43. The van der Waals surface area contributed by atoms with Gasteiger partial charge in [0, 0.05) is 13.2 Å². The summed E-state index contributed by atoms with van der Waals surface area (Å²) in [6, 6.07) is 0. The lowest BCUT2D eigenvalue weighted by atomic mass is 10.1. The van der Waals surface area contributed by atoms with Gasteiger partial charge in [-0.05, 0) is 12.3 Å². The summed E-state index contributed by atoms with van der Waals surface area (Å²) in [5.41, 5.74) is 2.13. The molecular formula is C5H11NO2. The van der Waals surface area contributed by atoms with Gasteiger partial charge in [0.1, 0.15) is 0 Å². The van der Waals surface area contributed by atoms with Gasteiger partial charge >= 0.3 is 0 Å². The Kier molecular flexibility index (Phi) is 2.27. The molecule has 1 atom stereocenters. The second kappa shape index (κ2) is 3.02. The molecule has 0 saturated carbocycles. The van der Waals surface area contributed by atoms with Crippen molar-refractivity contribution in [1.29, 1.82) is 0 Å². The Morgan fingerprint density at radius 2 is 2.62 bits per heavy atom. The number of hydrogen-bond donors (Lipinski definition) is 2. The molecule has 1 heterocycles. The largest absolute Gasteiger partial charge is 0.381 e. The van der Waals surface area contributed by atoms with E-state index in [9.17, 15) is 0 Å². The van der Waals surface area contributed by atoms with Gasteiger partial charge in [0.05, 0.1) is 6.61 Å². The third-order valence-electron chi connectivity index (χ3n) is 1.40. The molecule has 0 aromatic rings. The molecule has 0 aromatic carbocycles. The first-order valence-corrected chi connectivity index (χ1v) is 2.88. The Morgan fingerprint density at radius 1 is 1.75 bits per heavy atom. The molecule has 2 N–H and O–H groups in total. The van der Waals surface area contributed by atoms with Crippen molar-refractivity contribution in [3.05, 3.63) is 0 Å². The normalized spacial score (nSPS) is 28.9. The minimum atomic E-state index is 0.528. The van der Waals surface area contributed by atoms with E-state index in [-0.39, 0.29) is 0 Å². The molecular weight excluding hydrogens is 106 g/mol. The first-order chi connectivity index (χ1) is 3.93. The van der Waals surface area contributed by atoms with Gasteiger partial charge in [-0.25, -0.2) is 5.48 Å². The van der Waals surface area contributed by atoms with E-state index >= 15 is 0 Å². The molecule has 0 radical (unpaired) electrons. The van der Waals surface area contributed by atoms with Crippen molar-refractivity contribution in [2.75, 3.05) is 19.8 Å². The maximum Gasteiger partial charge on any atom is 0.0508 e. The average molecular weight is 117 g/mol. The highest BCUT2D eigenvalue weighted by atomic mass is 16.5. The predicted molar refractivity (Wildman–Crippen MR) is 28.7 cm³/mol. The zero-order chi connectivity index (χ0) is 5.82. The molecule has 1 fully saturated rings. The van der Waals surface area contributed by atoms with Crippen LogP contribution in [0.15, 0.2) is 0 Å². The van der Waals surface area contributed by atoms with E-state index in [0.717, 1.165) is 19.6 Å². The fourth-order valence-electron chi connectivity index (χ4n) is 0.873. The van der Waals surface area contributed by atoms with Crippen molar-refractivity contribution in [3.8, 4) is 0 Å². The fraction of sp³-hybridized carbons (Fsp3) is 1.00. The van der Waals surface area contributed by atoms with Gasteiger partial charge in [0.2, 0.25) is 0 Å². The van der Waals surface area contributed by atoms with Crippen LogP contribution in [0, 0.1) is 5.92 Å². The Morgan fingerprint density at radius 3 is 3.12 bits per heavy atom. The molecule has 1 unspecified atom stereocenters. The van der Waals surface area contributed by atoms with E-state index in [0.29, 0.717) is 12.5 Å². The second-order valence-electron chi connectivity index (χ2n) is 2.09. The minimum absolute atomic E-state index is 0.528. The predicted octanol–water partition coefficient (Wildman–Crippen LogP) is 0.00170. The summed E-state index contributed by atoms with van der Waals surface area (Å²) in [7, 11) is 0. The summed E-state index contributed by atoms with van der Waals surface area (Å²) in [4.78, 5) is 0. The molecule has 1 saturated heterocycles. The van der Waals surface area contributed by atoms with Crippen LogP contribution in [0.3, 0.4) is 0 Å². The van der Waals surface area contributed by atoms with Gasteiger partial charge in [-0.15, -0.1) is 0 Å². The highest BCUT2D eigenvalue weighted by molar-refractivity contribution is 4.63. The lowest BCUT2D eigenvalue weighted by Crippen LogP contribution is -2.18. The highest BCUT2D eigenvalue weighted by Crippen LogP contribution is 2.09. The summed E-state index contributed by atoms with van der Waals surface area (Å²) in [6.07, 6.45) is 1.08. The standard InChI is InChI=1S/C5H11NO2/c7-6-3-5-1-2-8-4-5/h5-7H,1-4H2. The third-order valence-corrected chi connectivity index (χ3v) is 1.40. The van der Waals surface area contributed by atoms with E-state index in [2.05, 4.69) is 5.48 Å². The van der Waals surface area contributed by atoms with Crippen LogP contribution in [-0.4, -0.2) is 25.0 Å². The number of hydrogen-bond acceptors (Lipinski definition) is 3. The van der Waals surface area contributed by atoms with Gasteiger partial charge in [-0.1, -0.05) is 0 Å². The van der Waals surface area contributed by atoms with Gasteiger partial charge in [0.15, 0.2) is 0 Å². The van der Waals surface area contributed by atoms with Crippen molar-refractivity contribution in [2.24, 2.45) is 5.92 Å². The first kappa shape index (κ1) is 6.01. The maximum atomic E-state index is 8.22. The number of nitrogens with one attached hydrogen (secondary N) is 1. The Hall–Kier alpha value is -0.120. The summed E-state index contributed by atoms with van der Waals surface area (Å²) < 4.78 is 5.06. The molecule has 1 aliphatic heterocycles. The summed E-state index contributed by atoms with van der Waals surface area (Å²) in [5, 5.41) is 8.22. The van der Waals surface area contributed by atoms with E-state index in [1.807, 2.05) is 0 Å². The topological polar surface area (TPSA) is 41.5 Å². The molecule has 3 nitrogen and oxygen atoms in total. The maximum absolute atomic E-state index is 8.22. The molecule has 8 heavy (non-hydrogen) atoms. The zero-order valence-corrected chi connectivity index (χ0v) is 4.76. The number of rotatable bonds is 2. The van der Waals surface area contributed by atoms with E-state index in [4.69, 9.17) is 9.94 Å². The molecule has 3 heteroatoms. The molecule has 0 spiro atoms. The van der Waals surface area contributed by atoms with Gasteiger partial charge in [0.25, 0.3) is 0 Å². The monoisotopic (exact) mass is 117 g/mol. The molecule has 1 aliphatic rings.